The molecule has 1 heterocycles. The van der Waals surface area contributed by atoms with Gasteiger partial charge in [-0.3, -0.25) is 0 Å². The second kappa shape index (κ2) is 5.79. The summed E-state index contributed by atoms with van der Waals surface area (Å²) in [6, 6.07) is 8.25. The van der Waals surface area contributed by atoms with Gasteiger partial charge in [0.05, 0.1) is 12.7 Å². The van der Waals surface area contributed by atoms with E-state index >= 15 is 0 Å². The molecule has 1 aliphatic carbocycles. The SMILES string of the molecule is O[C@@H]1[C@@H](O)[C@H](OC2CCc3ccccc3C2)OC[C@H]1O. The van der Waals surface area contributed by atoms with Crippen LogP contribution in [0.3, 0.4) is 0 Å². The third-order valence-corrected chi connectivity index (χ3v) is 4.08. The van der Waals surface area contributed by atoms with Gasteiger partial charge in [-0.05, 0) is 30.4 Å². The quantitative estimate of drug-likeness (QED) is 0.710. The Labute approximate surface area is 117 Å². The first-order valence-corrected chi connectivity index (χ1v) is 7.03. The zero-order valence-corrected chi connectivity index (χ0v) is 11.2. The highest BCUT2D eigenvalue weighted by molar-refractivity contribution is 5.29. The smallest absolute Gasteiger partial charge is 0.186 e. The summed E-state index contributed by atoms with van der Waals surface area (Å²) in [5.41, 5.74) is 2.60. The lowest BCUT2D eigenvalue weighted by atomic mass is 9.90. The van der Waals surface area contributed by atoms with Gasteiger partial charge in [-0.2, -0.15) is 0 Å². The van der Waals surface area contributed by atoms with Crippen molar-refractivity contribution in [3.63, 3.8) is 0 Å². The molecule has 5 nitrogen and oxygen atoms in total. The molecule has 1 unspecified atom stereocenters. The highest BCUT2D eigenvalue weighted by atomic mass is 16.7. The van der Waals surface area contributed by atoms with Crippen molar-refractivity contribution in [3.8, 4) is 0 Å². The number of aliphatic hydroxyl groups is 3. The van der Waals surface area contributed by atoms with Crippen LogP contribution in [0.4, 0.5) is 0 Å². The van der Waals surface area contributed by atoms with Crippen molar-refractivity contribution in [1.82, 2.24) is 0 Å². The molecule has 3 N–H and O–H groups in total. The summed E-state index contributed by atoms with van der Waals surface area (Å²) >= 11 is 0. The van der Waals surface area contributed by atoms with E-state index in [9.17, 15) is 15.3 Å². The van der Waals surface area contributed by atoms with Crippen LogP contribution < -0.4 is 0 Å². The van der Waals surface area contributed by atoms with E-state index < -0.39 is 24.6 Å². The van der Waals surface area contributed by atoms with Crippen molar-refractivity contribution >= 4 is 0 Å². The number of fused-ring (bicyclic) bond motifs is 1. The Hall–Kier alpha value is -0.980. The fourth-order valence-electron chi connectivity index (χ4n) is 2.87. The highest BCUT2D eigenvalue weighted by Crippen LogP contribution is 2.26. The highest BCUT2D eigenvalue weighted by Gasteiger charge is 2.39. The first kappa shape index (κ1) is 14.0. The first-order chi connectivity index (χ1) is 9.65. The molecule has 1 saturated heterocycles. The number of hydrogen-bond donors (Lipinski definition) is 3. The molecule has 1 aromatic rings. The number of rotatable bonds is 2. The predicted molar refractivity (Wildman–Crippen MR) is 71.1 cm³/mol. The average Bonchev–Trinajstić information content (AvgIpc) is 2.48. The van der Waals surface area contributed by atoms with Crippen LogP contribution >= 0.6 is 0 Å². The fraction of sp³-hybridized carbons (Fsp3) is 0.600. The van der Waals surface area contributed by atoms with Gasteiger partial charge >= 0.3 is 0 Å². The maximum absolute atomic E-state index is 9.87. The van der Waals surface area contributed by atoms with Gasteiger partial charge in [-0.15, -0.1) is 0 Å². The molecule has 1 aromatic carbocycles. The van der Waals surface area contributed by atoms with Crippen LogP contribution in [0.1, 0.15) is 17.5 Å². The Morgan fingerprint density at radius 2 is 1.80 bits per heavy atom. The molecular weight excluding hydrogens is 260 g/mol. The van der Waals surface area contributed by atoms with Crippen LogP contribution in [-0.4, -0.2) is 52.6 Å². The van der Waals surface area contributed by atoms with Crippen LogP contribution in [0.5, 0.6) is 0 Å². The van der Waals surface area contributed by atoms with E-state index in [0.29, 0.717) is 0 Å². The van der Waals surface area contributed by atoms with Gasteiger partial charge in [0.25, 0.3) is 0 Å². The lowest BCUT2D eigenvalue weighted by molar-refractivity contribution is -0.283. The number of aryl methyl sites for hydroxylation is 1. The molecule has 5 heteroatoms. The summed E-state index contributed by atoms with van der Waals surface area (Å²) in [7, 11) is 0. The molecule has 0 aromatic heterocycles. The van der Waals surface area contributed by atoms with Crippen LogP contribution in [0, 0.1) is 0 Å². The predicted octanol–water partition coefficient (Wildman–Crippen LogP) is -0.000500. The molecule has 3 rings (SSSR count). The molecule has 0 bridgehead atoms. The van der Waals surface area contributed by atoms with Gasteiger partial charge in [-0.1, -0.05) is 24.3 Å². The Balaban J connectivity index is 1.62. The minimum atomic E-state index is -1.22. The van der Waals surface area contributed by atoms with Gasteiger partial charge in [-0.25, -0.2) is 0 Å². The van der Waals surface area contributed by atoms with Gasteiger partial charge in [0, 0.05) is 0 Å². The van der Waals surface area contributed by atoms with Gasteiger partial charge in [0.15, 0.2) is 6.29 Å². The second-order valence-corrected chi connectivity index (χ2v) is 5.52. The van der Waals surface area contributed by atoms with Crippen molar-refractivity contribution in [2.45, 2.75) is 50.0 Å². The first-order valence-electron chi connectivity index (χ1n) is 7.03. The zero-order valence-electron chi connectivity index (χ0n) is 11.2. The number of hydrogen-bond acceptors (Lipinski definition) is 5. The number of aliphatic hydroxyl groups excluding tert-OH is 3. The van der Waals surface area contributed by atoms with Crippen molar-refractivity contribution < 1.29 is 24.8 Å². The summed E-state index contributed by atoms with van der Waals surface area (Å²) in [6.07, 6.45) is -1.81. The maximum Gasteiger partial charge on any atom is 0.186 e. The normalized spacial score (nSPS) is 37.5. The summed E-state index contributed by atoms with van der Waals surface area (Å²) in [5, 5.41) is 28.9. The zero-order chi connectivity index (χ0) is 14.1. The standard InChI is InChI=1S/C15H20O5/c16-12-8-19-15(14(18)13(12)17)20-11-6-5-9-3-1-2-4-10(9)7-11/h1-4,11-18H,5-8H2/t11?,12-,13+,14-,15+/m1/s1. The van der Waals surface area contributed by atoms with Crippen molar-refractivity contribution in [1.29, 1.82) is 0 Å². The van der Waals surface area contributed by atoms with Crippen LogP contribution in [0.25, 0.3) is 0 Å². The van der Waals surface area contributed by atoms with Gasteiger partial charge in [0.2, 0.25) is 0 Å². The van der Waals surface area contributed by atoms with Gasteiger partial charge < -0.3 is 24.8 Å². The molecule has 5 atom stereocenters. The molecule has 0 amide bonds. The van der Waals surface area contributed by atoms with Crippen LogP contribution in [0.15, 0.2) is 24.3 Å². The third kappa shape index (κ3) is 2.73. The van der Waals surface area contributed by atoms with Crippen LogP contribution in [0.2, 0.25) is 0 Å². The average molecular weight is 280 g/mol. The molecular formula is C15H20O5. The molecule has 20 heavy (non-hydrogen) atoms. The van der Waals surface area contributed by atoms with Crippen LogP contribution in [-0.2, 0) is 22.3 Å². The summed E-state index contributed by atoms with van der Waals surface area (Å²) < 4.78 is 11.1. The summed E-state index contributed by atoms with van der Waals surface area (Å²) in [4.78, 5) is 0. The monoisotopic (exact) mass is 280 g/mol. The Morgan fingerprint density at radius 3 is 2.60 bits per heavy atom. The molecule has 0 saturated carbocycles. The molecule has 0 spiro atoms. The maximum atomic E-state index is 9.87. The molecule has 2 aliphatic rings. The molecule has 110 valence electrons. The Kier molecular flexibility index (Phi) is 4.05. The van der Waals surface area contributed by atoms with Crippen molar-refractivity contribution in [2.75, 3.05) is 6.61 Å². The van der Waals surface area contributed by atoms with E-state index in [1.807, 2.05) is 12.1 Å². The van der Waals surface area contributed by atoms with E-state index in [-0.39, 0.29) is 12.7 Å². The Bertz CT molecular complexity index is 463. The largest absolute Gasteiger partial charge is 0.388 e. The lowest BCUT2D eigenvalue weighted by Crippen LogP contribution is -2.54. The second-order valence-electron chi connectivity index (χ2n) is 5.52. The van der Waals surface area contributed by atoms with Gasteiger partial charge in [0.1, 0.15) is 18.3 Å². The minimum absolute atomic E-state index is 0.0216. The minimum Gasteiger partial charge on any atom is -0.388 e. The lowest BCUT2D eigenvalue weighted by Gasteiger charge is -2.37. The molecule has 1 aliphatic heterocycles. The fourth-order valence-corrected chi connectivity index (χ4v) is 2.87. The Morgan fingerprint density at radius 1 is 1.05 bits per heavy atom. The van der Waals surface area contributed by atoms with Crippen molar-refractivity contribution in [2.24, 2.45) is 0 Å². The van der Waals surface area contributed by atoms with Crippen molar-refractivity contribution in [3.05, 3.63) is 35.4 Å². The summed E-state index contributed by atoms with van der Waals surface area (Å²) in [5.74, 6) is 0. The van der Waals surface area contributed by atoms with E-state index in [0.717, 1.165) is 19.3 Å². The third-order valence-electron chi connectivity index (χ3n) is 4.08. The topological polar surface area (TPSA) is 79.2 Å². The molecule has 0 radical (unpaired) electrons. The van der Waals surface area contributed by atoms with E-state index in [1.54, 1.807) is 0 Å². The number of benzene rings is 1. The summed E-state index contributed by atoms with van der Waals surface area (Å²) in [6.45, 7) is -0.0216. The number of ether oxygens (including phenoxy) is 2. The molecule has 1 fully saturated rings. The van der Waals surface area contributed by atoms with E-state index in [2.05, 4.69) is 12.1 Å². The van der Waals surface area contributed by atoms with E-state index in [4.69, 9.17) is 9.47 Å². The van der Waals surface area contributed by atoms with E-state index in [1.165, 1.54) is 11.1 Å².